The Morgan fingerprint density at radius 2 is 1.84 bits per heavy atom. The van der Waals surface area contributed by atoms with Crippen LogP contribution in [0.15, 0.2) is 48.5 Å². The molecular weight excluding hydrogens is 360 g/mol. The molecule has 0 fully saturated rings. The number of hydrogen-bond acceptors (Lipinski definition) is 3. The maximum absolute atomic E-state index is 12.0. The highest BCUT2D eigenvalue weighted by atomic mass is 35.5. The number of amides is 1. The monoisotopic (exact) mass is 380 g/mol. The molecule has 2 N–H and O–H groups in total. The lowest BCUT2D eigenvalue weighted by Gasteiger charge is -2.10. The first-order valence-electron chi connectivity index (χ1n) is 7.93. The maximum Gasteiger partial charge on any atom is 0.239 e. The van der Waals surface area contributed by atoms with Crippen molar-refractivity contribution in [2.24, 2.45) is 0 Å². The van der Waals surface area contributed by atoms with Crippen LogP contribution in [0, 0.1) is 6.92 Å². The molecule has 0 aliphatic heterocycles. The number of aryl methyl sites for hydroxylation is 2. The molecule has 0 aromatic heterocycles. The predicted octanol–water partition coefficient (Wildman–Crippen LogP) is 3.14. The van der Waals surface area contributed by atoms with Crippen molar-refractivity contribution in [2.45, 2.75) is 19.8 Å². The van der Waals surface area contributed by atoms with Crippen molar-refractivity contribution >= 4 is 33.2 Å². The van der Waals surface area contributed by atoms with Crippen LogP contribution in [0.2, 0.25) is 5.02 Å². The van der Waals surface area contributed by atoms with E-state index in [1.807, 2.05) is 37.3 Å². The lowest BCUT2D eigenvalue weighted by atomic mass is 10.1. The van der Waals surface area contributed by atoms with Gasteiger partial charge in [-0.25, -0.2) is 13.1 Å². The summed E-state index contributed by atoms with van der Waals surface area (Å²) in [6.07, 6.45) is 1.18. The van der Waals surface area contributed by atoms with Crippen molar-refractivity contribution < 1.29 is 13.2 Å². The van der Waals surface area contributed by atoms with E-state index in [0.29, 0.717) is 23.6 Å². The predicted molar refractivity (Wildman–Crippen MR) is 101 cm³/mol. The Morgan fingerprint density at radius 1 is 1.12 bits per heavy atom. The molecule has 5 nitrogen and oxygen atoms in total. The van der Waals surface area contributed by atoms with Gasteiger partial charge in [-0.05, 0) is 49.1 Å². The summed E-state index contributed by atoms with van der Waals surface area (Å²) in [6, 6.07) is 14.8. The van der Waals surface area contributed by atoms with E-state index in [2.05, 4.69) is 10.0 Å². The van der Waals surface area contributed by atoms with E-state index in [-0.39, 0.29) is 12.3 Å². The second-order valence-electron chi connectivity index (χ2n) is 5.74. The summed E-state index contributed by atoms with van der Waals surface area (Å²) in [6.45, 7) is 1.52. The molecule has 7 heteroatoms. The fourth-order valence-electron chi connectivity index (χ4n) is 2.32. The van der Waals surface area contributed by atoms with Crippen molar-refractivity contribution in [3.63, 3.8) is 0 Å². The molecule has 0 aliphatic rings. The van der Waals surface area contributed by atoms with Gasteiger partial charge in [0.25, 0.3) is 0 Å². The van der Waals surface area contributed by atoms with Crippen LogP contribution >= 0.6 is 11.6 Å². The summed E-state index contributed by atoms with van der Waals surface area (Å²) in [7, 11) is -3.49. The highest BCUT2D eigenvalue weighted by Gasteiger charge is 2.13. The van der Waals surface area contributed by atoms with Gasteiger partial charge in [0, 0.05) is 10.7 Å². The smallest absolute Gasteiger partial charge is 0.239 e. The molecule has 0 bridgehead atoms. The van der Waals surface area contributed by atoms with Crippen molar-refractivity contribution in [3.8, 4) is 0 Å². The van der Waals surface area contributed by atoms with Crippen LogP contribution in [0.4, 0.5) is 5.69 Å². The van der Waals surface area contributed by atoms with Gasteiger partial charge in [-0.2, -0.15) is 0 Å². The Hall–Kier alpha value is -1.89. The van der Waals surface area contributed by atoms with Crippen LogP contribution < -0.4 is 10.0 Å². The molecule has 0 aliphatic carbocycles. The molecular formula is C18H21ClN2O3S. The summed E-state index contributed by atoms with van der Waals surface area (Å²) in [5, 5.41) is 3.25. The Kier molecular flexibility index (Phi) is 6.99. The molecule has 0 saturated carbocycles. The average molecular weight is 381 g/mol. The average Bonchev–Trinajstić information content (AvgIpc) is 2.57. The number of carbonyl (C=O) groups is 1. The number of anilines is 1. The molecule has 2 rings (SSSR count). The summed E-state index contributed by atoms with van der Waals surface area (Å²) < 4.78 is 26.3. The molecule has 25 heavy (non-hydrogen) atoms. The minimum atomic E-state index is -3.49. The third kappa shape index (κ3) is 6.86. The zero-order valence-electron chi connectivity index (χ0n) is 14.0. The Bertz CT molecular complexity index is 823. The molecule has 0 heterocycles. The Labute approximate surface area is 153 Å². The zero-order valence-corrected chi connectivity index (χ0v) is 15.5. The number of sulfonamides is 1. The van der Waals surface area contributed by atoms with E-state index in [1.165, 1.54) is 0 Å². The van der Waals surface area contributed by atoms with Crippen LogP contribution in [0.1, 0.15) is 17.5 Å². The normalized spacial score (nSPS) is 11.3. The van der Waals surface area contributed by atoms with Gasteiger partial charge < -0.3 is 5.32 Å². The number of halogens is 1. The van der Waals surface area contributed by atoms with E-state index in [9.17, 15) is 13.2 Å². The van der Waals surface area contributed by atoms with Gasteiger partial charge in [0.2, 0.25) is 15.9 Å². The number of hydrogen-bond donors (Lipinski definition) is 2. The van der Waals surface area contributed by atoms with Crippen LogP contribution in [-0.4, -0.2) is 26.6 Å². The topological polar surface area (TPSA) is 75.3 Å². The molecule has 0 spiro atoms. The van der Waals surface area contributed by atoms with Crippen LogP contribution in [0.5, 0.6) is 0 Å². The first-order chi connectivity index (χ1) is 11.9. The van der Waals surface area contributed by atoms with Crippen molar-refractivity contribution in [1.82, 2.24) is 4.72 Å². The number of nitrogens with one attached hydrogen (secondary N) is 2. The minimum Gasteiger partial charge on any atom is -0.325 e. The SMILES string of the molecule is Cc1cc(Cl)ccc1NC(=O)CNS(=O)(=O)CCCc1ccccc1. The fourth-order valence-corrected chi connectivity index (χ4v) is 3.57. The van der Waals surface area contributed by atoms with Crippen molar-refractivity contribution in [2.75, 3.05) is 17.6 Å². The highest BCUT2D eigenvalue weighted by Crippen LogP contribution is 2.19. The summed E-state index contributed by atoms with van der Waals surface area (Å²) in [4.78, 5) is 11.9. The van der Waals surface area contributed by atoms with E-state index >= 15 is 0 Å². The Balaban J connectivity index is 1.77. The van der Waals surface area contributed by atoms with E-state index in [0.717, 1.165) is 11.1 Å². The summed E-state index contributed by atoms with van der Waals surface area (Å²) in [5.41, 5.74) is 2.51. The van der Waals surface area contributed by atoms with Crippen LogP contribution in [0.3, 0.4) is 0 Å². The third-order valence-corrected chi connectivity index (χ3v) is 5.28. The lowest BCUT2D eigenvalue weighted by molar-refractivity contribution is -0.115. The molecule has 2 aromatic rings. The van der Waals surface area contributed by atoms with Crippen molar-refractivity contribution in [3.05, 3.63) is 64.7 Å². The summed E-state index contributed by atoms with van der Waals surface area (Å²) >= 11 is 5.86. The molecule has 0 unspecified atom stereocenters. The first kappa shape index (κ1) is 19.4. The van der Waals surface area contributed by atoms with Crippen molar-refractivity contribution in [1.29, 1.82) is 0 Å². The molecule has 0 atom stereocenters. The van der Waals surface area contributed by atoms with E-state index in [1.54, 1.807) is 18.2 Å². The van der Waals surface area contributed by atoms with Gasteiger partial charge in [-0.1, -0.05) is 41.9 Å². The quantitative estimate of drug-likeness (QED) is 0.738. The summed E-state index contributed by atoms with van der Waals surface area (Å²) in [5.74, 6) is -0.438. The second-order valence-corrected chi connectivity index (χ2v) is 8.10. The van der Waals surface area contributed by atoms with Gasteiger partial charge in [0.15, 0.2) is 0 Å². The van der Waals surface area contributed by atoms with Crippen LogP contribution in [-0.2, 0) is 21.2 Å². The van der Waals surface area contributed by atoms with E-state index in [4.69, 9.17) is 11.6 Å². The zero-order chi connectivity index (χ0) is 18.3. The largest absolute Gasteiger partial charge is 0.325 e. The van der Waals surface area contributed by atoms with Gasteiger partial charge in [-0.3, -0.25) is 4.79 Å². The van der Waals surface area contributed by atoms with E-state index < -0.39 is 15.9 Å². The number of benzene rings is 2. The molecule has 134 valence electrons. The molecule has 1 amide bonds. The molecule has 0 radical (unpaired) electrons. The minimum absolute atomic E-state index is 0.0187. The third-order valence-electron chi connectivity index (χ3n) is 3.64. The van der Waals surface area contributed by atoms with Gasteiger partial charge in [-0.15, -0.1) is 0 Å². The number of carbonyl (C=O) groups excluding carboxylic acids is 1. The van der Waals surface area contributed by atoms with Crippen LogP contribution in [0.25, 0.3) is 0 Å². The van der Waals surface area contributed by atoms with Gasteiger partial charge in [0.1, 0.15) is 0 Å². The number of rotatable bonds is 8. The fraction of sp³-hybridized carbons (Fsp3) is 0.278. The maximum atomic E-state index is 12.0. The van der Waals surface area contributed by atoms with Gasteiger partial charge in [0.05, 0.1) is 12.3 Å². The lowest BCUT2D eigenvalue weighted by Crippen LogP contribution is -2.34. The van der Waals surface area contributed by atoms with Gasteiger partial charge >= 0.3 is 0 Å². The highest BCUT2D eigenvalue weighted by molar-refractivity contribution is 7.89. The standard InChI is InChI=1S/C18H21ClN2O3S/c1-14-12-16(19)9-10-17(14)21-18(22)13-20-25(23,24)11-5-8-15-6-3-2-4-7-15/h2-4,6-7,9-10,12,20H,5,8,11,13H2,1H3,(H,21,22). The second kappa shape index (κ2) is 8.99. The molecule has 2 aromatic carbocycles. The first-order valence-corrected chi connectivity index (χ1v) is 9.96. The Morgan fingerprint density at radius 3 is 2.52 bits per heavy atom. The molecule has 0 saturated heterocycles.